The Morgan fingerprint density at radius 1 is 1.15 bits per heavy atom. The topological polar surface area (TPSA) is 56.6 Å². The van der Waals surface area contributed by atoms with Gasteiger partial charge in [-0.2, -0.15) is 5.26 Å². The Balaban J connectivity index is 1.74. The number of anilines is 1. The van der Waals surface area contributed by atoms with E-state index >= 15 is 0 Å². The second-order valence-electron chi connectivity index (χ2n) is 5.96. The molecule has 2 aromatic carbocycles. The van der Waals surface area contributed by atoms with Crippen LogP contribution in [0, 0.1) is 11.3 Å². The molecule has 134 valence electrons. The molecule has 26 heavy (non-hydrogen) atoms. The van der Waals surface area contributed by atoms with Gasteiger partial charge in [-0.1, -0.05) is 29.8 Å². The normalized spacial score (nSPS) is 14.0. The SMILES string of the molecule is CCOc1ccccc1C(=O)N1CCN(c2c(Cl)cccc2C#N)CC1. The van der Waals surface area contributed by atoms with Crippen molar-refractivity contribution in [3.8, 4) is 11.8 Å². The number of amides is 1. The minimum Gasteiger partial charge on any atom is -0.493 e. The van der Waals surface area contributed by atoms with Crippen LogP contribution in [0.2, 0.25) is 5.02 Å². The quantitative estimate of drug-likeness (QED) is 0.826. The predicted molar refractivity (Wildman–Crippen MR) is 102 cm³/mol. The van der Waals surface area contributed by atoms with Crippen molar-refractivity contribution in [1.29, 1.82) is 5.26 Å². The molecule has 0 unspecified atom stereocenters. The molecule has 1 aliphatic heterocycles. The third-order valence-corrected chi connectivity index (χ3v) is 4.71. The third kappa shape index (κ3) is 3.61. The van der Waals surface area contributed by atoms with Crippen molar-refractivity contribution in [1.82, 2.24) is 4.90 Å². The highest BCUT2D eigenvalue weighted by Crippen LogP contribution is 2.30. The van der Waals surface area contributed by atoms with E-state index in [1.165, 1.54) is 0 Å². The van der Waals surface area contributed by atoms with Crippen LogP contribution in [0.4, 0.5) is 5.69 Å². The maximum Gasteiger partial charge on any atom is 0.257 e. The highest BCUT2D eigenvalue weighted by Gasteiger charge is 2.26. The summed E-state index contributed by atoms with van der Waals surface area (Å²) in [5.41, 5.74) is 1.88. The molecule has 0 saturated carbocycles. The van der Waals surface area contributed by atoms with Crippen molar-refractivity contribution < 1.29 is 9.53 Å². The van der Waals surface area contributed by atoms with Gasteiger partial charge in [-0.25, -0.2) is 0 Å². The maximum atomic E-state index is 12.9. The van der Waals surface area contributed by atoms with E-state index in [1.807, 2.05) is 30.0 Å². The minimum absolute atomic E-state index is 0.0339. The van der Waals surface area contributed by atoms with Crippen molar-refractivity contribution in [2.45, 2.75) is 6.92 Å². The predicted octanol–water partition coefficient (Wildman–Crippen LogP) is 3.57. The summed E-state index contributed by atoms with van der Waals surface area (Å²) in [7, 11) is 0. The molecule has 1 saturated heterocycles. The number of hydrogen-bond acceptors (Lipinski definition) is 4. The first-order valence-corrected chi connectivity index (χ1v) is 8.98. The number of halogens is 1. The Kier molecular flexibility index (Phi) is 5.65. The van der Waals surface area contributed by atoms with Gasteiger partial charge in [-0.05, 0) is 31.2 Å². The molecular formula is C20H20ClN3O2. The summed E-state index contributed by atoms with van der Waals surface area (Å²) in [5, 5.41) is 9.89. The summed E-state index contributed by atoms with van der Waals surface area (Å²) in [6, 6.07) is 14.8. The van der Waals surface area contributed by atoms with Crippen LogP contribution in [-0.4, -0.2) is 43.6 Å². The molecule has 2 aromatic rings. The van der Waals surface area contributed by atoms with Gasteiger partial charge in [0.25, 0.3) is 5.91 Å². The van der Waals surface area contributed by atoms with Gasteiger partial charge in [-0.15, -0.1) is 0 Å². The van der Waals surface area contributed by atoms with Gasteiger partial charge in [0.1, 0.15) is 11.8 Å². The number of carbonyl (C=O) groups excluding carboxylic acids is 1. The molecule has 0 aromatic heterocycles. The van der Waals surface area contributed by atoms with E-state index in [1.54, 1.807) is 24.3 Å². The summed E-state index contributed by atoms with van der Waals surface area (Å²) < 4.78 is 5.57. The Morgan fingerprint density at radius 2 is 1.88 bits per heavy atom. The van der Waals surface area contributed by atoms with Crippen LogP contribution in [0.1, 0.15) is 22.8 Å². The monoisotopic (exact) mass is 369 g/mol. The van der Waals surface area contributed by atoms with Crippen LogP contribution in [0.25, 0.3) is 0 Å². The molecule has 1 heterocycles. The van der Waals surface area contributed by atoms with Crippen molar-refractivity contribution >= 4 is 23.2 Å². The average Bonchev–Trinajstić information content (AvgIpc) is 2.68. The first-order valence-electron chi connectivity index (χ1n) is 8.60. The van der Waals surface area contributed by atoms with Crippen LogP contribution in [-0.2, 0) is 0 Å². The summed E-state index contributed by atoms with van der Waals surface area (Å²) in [4.78, 5) is 16.8. The summed E-state index contributed by atoms with van der Waals surface area (Å²) in [6.45, 7) is 4.80. The van der Waals surface area contributed by atoms with Gasteiger partial charge >= 0.3 is 0 Å². The first kappa shape index (κ1) is 18.1. The van der Waals surface area contributed by atoms with E-state index < -0.39 is 0 Å². The average molecular weight is 370 g/mol. The zero-order valence-electron chi connectivity index (χ0n) is 14.6. The summed E-state index contributed by atoms with van der Waals surface area (Å²) in [6.07, 6.45) is 0. The summed E-state index contributed by atoms with van der Waals surface area (Å²) >= 11 is 6.30. The molecule has 0 bridgehead atoms. The second kappa shape index (κ2) is 8.11. The largest absolute Gasteiger partial charge is 0.493 e. The van der Waals surface area contributed by atoms with Gasteiger partial charge in [0.2, 0.25) is 0 Å². The van der Waals surface area contributed by atoms with Crippen LogP contribution >= 0.6 is 11.6 Å². The fourth-order valence-electron chi connectivity index (χ4n) is 3.16. The van der Waals surface area contributed by atoms with Crippen molar-refractivity contribution in [2.24, 2.45) is 0 Å². The fourth-order valence-corrected chi connectivity index (χ4v) is 3.45. The highest BCUT2D eigenvalue weighted by atomic mass is 35.5. The van der Waals surface area contributed by atoms with Gasteiger partial charge in [-0.3, -0.25) is 4.79 Å². The zero-order chi connectivity index (χ0) is 18.5. The smallest absolute Gasteiger partial charge is 0.257 e. The maximum absolute atomic E-state index is 12.9. The van der Waals surface area contributed by atoms with Crippen molar-refractivity contribution in [3.05, 3.63) is 58.6 Å². The Hall–Kier alpha value is -2.71. The molecule has 3 rings (SSSR count). The lowest BCUT2D eigenvalue weighted by Gasteiger charge is -2.37. The molecule has 1 aliphatic rings. The molecule has 6 heteroatoms. The number of nitriles is 1. The first-order chi connectivity index (χ1) is 12.7. The zero-order valence-corrected chi connectivity index (χ0v) is 15.4. The Morgan fingerprint density at radius 3 is 2.58 bits per heavy atom. The number of piperazine rings is 1. The number of nitrogens with zero attached hydrogens (tertiary/aromatic N) is 3. The summed E-state index contributed by atoms with van der Waals surface area (Å²) in [5.74, 6) is 0.577. The molecule has 1 fully saturated rings. The fraction of sp³-hybridized carbons (Fsp3) is 0.300. The van der Waals surface area contributed by atoms with E-state index in [-0.39, 0.29) is 5.91 Å². The van der Waals surface area contributed by atoms with Crippen LogP contribution in [0.5, 0.6) is 5.75 Å². The van der Waals surface area contributed by atoms with Gasteiger partial charge in [0.15, 0.2) is 0 Å². The lowest BCUT2D eigenvalue weighted by atomic mass is 10.1. The van der Waals surface area contributed by atoms with E-state index in [0.29, 0.717) is 54.7 Å². The molecule has 1 amide bonds. The lowest BCUT2D eigenvalue weighted by molar-refractivity contribution is 0.0742. The number of hydrogen-bond donors (Lipinski definition) is 0. The van der Waals surface area contributed by atoms with E-state index in [4.69, 9.17) is 16.3 Å². The van der Waals surface area contributed by atoms with Crippen LogP contribution < -0.4 is 9.64 Å². The lowest BCUT2D eigenvalue weighted by Crippen LogP contribution is -2.49. The third-order valence-electron chi connectivity index (χ3n) is 4.41. The highest BCUT2D eigenvalue weighted by molar-refractivity contribution is 6.33. The van der Waals surface area contributed by atoms with Crippen molar-refractivity contribution in [2.75, 3.05) is 37.7 Å². The Bertz CT molecular complexity index is 839. The van der Waals surface area contributed by atoms with E-state index in [9.17, 15) is 10.1 Å². The van der Waals surface area contributed by atoms with Crippen LogP contribution in [0.15, 0.2) is 42.5 Å². The van der Waals surface area contributed by atoms with Gasteiger partial charge in [0, 0.05) is 26.2 Å². The molecule has 0 radical (unpaired) electrons. The molecule has 0 spiro atoms. The standard InChI is InChI=1S/C20H20ClN3O2/c1-2-26-18-9-4-3-7-16(18)20(25)24-12-10-23(11-13-24)19-15(14-22)6-5-8-17(19)21/h3-9H,2,10-13H2,1H3. The van der Waals surface area contributed by atoms with Crippen molar-refractivity contribution in [3.63, 3.8) is 0 Å². The Labute approximate surface area is 158 Å². The van der Waals surface area contributed by atoms with Crippen LogP contribution in [0.3, 0.4) is 0 Å². The molecule has 0 N–H and O–H groups in total. The number of para-hydroxylation sites is 2. The minimum atomic E-state index is -0.0339. The molecule has 0 atom stereocenters. The molecule has 0 aliphatic carbocycles. The number of benzene rings is 2. The molecule has 5 nitrogen and oxygen atoms in total. The van der Waals surface area contributed by atoms with Gasteiger partial charge < -0.3 is 14.5 Å². The van der Waals surface area contributed by atoms with Gasteiger partial charge in [0.05, 0.1) is 28.4 Å². The van der Waals surface area contributed by atoms with E-state index in [2.05, 4.69) is 11.0 Å². The van der Waals surface area contributed by atoms with E-state index in [0.717, 1.165) is 5.69 Å². The number of carbonyl (C=O) groups is 1. The molecular weight excluding hydrogens is 350 g/mol. The number of rotatable bonds is 4. The number of ether oxygens (including phenoxy) is 1. The second-order valence-corrected chi connectivity index (χ2v) is 6.36.